The van der Waals surface area contributed by atoms with Crippen LogP contribution in [0.3, 0.4) is 0 Å². The van der Waals surface area contributed by atoms with Crippen molar-refractivity contribution >= 4 is 22.6 Å². The zero-order valence-corrected chi connectivity index (χ0v) is 12.2. The molecule has 0 amide bonds. The number of rotatable bonds is 6. The van der Waals surface area contributed by atoms with Gasteiger partial charge in [-0.1, -0.05) is 32.4 Å². The minimum atomic E-state index is 0.375. The van der Waals surface area contributed by atoms with Crippen molar-refractivity contribution in [3.63, 3.8) is 0 Å². The van der Waals surface area contributed by atoms with Gasteiger partial charge >= 0.3 is 0 Å². The van der Waals surface area contributed by atoms with Gasteiger partial charge < -0.3 is 0 Å². The standard InChI is InChI=1S/C13H21IN2/c1-3-4-10(2)13(16-15)9-11-5-7-12(14)8-6-11/h5-8,10,13,16H,3-4,9,15H2,1-2H3. The van der Waals surface area contributed by atoms with E-state index in [4.69, 9.17) is 5.84 Å². The van der Waals surface area contributed by atoms with Crippen molar-refractivity contribution in [3.05, 3.63) is 33.4 Å². The molecule has 0 aromatic heterocycles. The van der Waals surface area contributed by atoms with Crippen LogP contribution in [0.2, 0.25) is 0 Å². The number of hydrogen-bond acceptors (Lipinski definition) is 2. The number of nitrogens with one attached hydrogen (secondary N) is 1. The fourth-order valence-corrected chi connectivity index (χ4v) is 2.31. The van der Waals surface area contributed by atoms with E-state index in [0.29, 0.717) is 12.0 Å². The van der Waals surface area contributed by atoms with Crippen molar-refractivity contribution in [1.29, 1.82) is 0 Å². The molecule has 0 aliphatic rings. The average molecular weight is 332 g/mol. The second kappa shape index (κ2) is 7.25. The molecule has 1 aromatic rings. The van der Waals surface area contributed by atoms with Crippen molar-refractivity contribution in [3.8, 4) is 0 Å². The van der Waals surface area contributed by atoms with Crippen LogP contribution in [0.15, 0.2) is 24.3 Å². The Bertz CT molecular complexity index is 297. The Morgan fingerprint density at radius 2 is 1.94 bits per heavy atom. The van der Waals surface area contributed by atoms with Gasteiger partial charge in [0.15, 0.2) is 0 Å². The molecule has 16 heavy (non-hydrogen) atoms. The van der Waals surface area contributed by atoms with E-state index in [1.54, 1.807) is 0 Å². The molecule has 0 saturated carbocycles. The van der Waals surface area contributed by atoms with E-state index in [9.17, 15) is 0 Å². The van der Waals surface area contributed by atoms with Crippen molar-refractivity contribution in [2.24, 2.45) is 11.8 Å². The summed E-state index contributed by atoms with van der Waals surface area (Å²) >= 11 is 2.33. The van der Waals surface area contributed by atoms with Gasteiger partial charge in [0.05, 0.1) is 0 Å². The van der Waals surface area contributed by atoms with Crippen molar-refractivity contribution < 1.29 is 0 Å². The van der Waals surface area contributed by atoms with E-state index in [-0.39, 0.29) is 0 Å². The number of nitrogens with two attached hydrogens (primary N) is 1. The molecule has 0 fully saturated rings. The first-order valence-electron chi connectivity index (χ1n) is 5.88. The van der Waals surface area contributed by atoms with Gasteiger partial charge in [0.25, 0.3) is 0 Å². The molecule has 1 aromatic carbocycles. The maximum Gasteiger partial charge on any atom is 0.0276 e. The average Bonchev–Trinajstić information content (AvgIpc) is 2.28. The van der Waals surface area contributed by atoms with E-state index < -0.39 is 0 Å². The summed E-state index contributed by atoms with van der Waals surface area (Å²) in [5.74, 6) is 6.25. The Balaban J connectivity index is 2.59. The van der Waals surface area contributed by atoms with E-state index in [2.05, 4.69) is 66.1 Å². The minimum absolute atomic E-state index is 0.375. The van der Waals surface area contributed by atoms with Crippen molar-refractivity contribution in [1.82, 2.24) is 5.43 Å². The summed E-state index contributed by atoms with van der Waals surface area (Å²) in [6.45, 7) is 4.48. The third-order valence-corrected chi connectivity index (χ3v) is 3.73. The van der Waals surface area contributed by atoms with E-state index in [1.807, 2.05) is 0 Å². The van der Waals surface area contributed by atoms with Crippen molar-refractivity contribution in [2.75, 3.05) is 0 Å². The molecule has 2 nitrogen and oxygen atoms in total. The molecule has 1 rings (SSSR count). The SMILES string of the molecule is CCCC(C)C(Cc1ccc(I)cc1)NN. The normalized spacial score (nSPS) is 14.8. The van der Waals surface area contributed by atoms with Crippen LogP contribution in [0, 0.1) is 9.49 Å². The molecule has 0 radical (unpaired) electrons. The van der Waals surface area contributed by atoms with Gasteiger partial charge in [0.2, 0.25) is 0 Å². The highest BCUT2D eigenvalue weighted by Gasteiger charge is 2.15. The highest BCUT2D eigenvalue weighted by molar-refractivity contribution is 14.1. The molecule has 0 heterocycles. The van der Waals surface area contributed by atoms with Crippen LogP contribution in [-0.2, 0) is 6.42 Å². The fourth-order valence-electron chi connectivity index (χ4n) is 1.96. The summed E-state index contributed by atoms with van der Waals surface area (Å²) in [7, 11) is 0. The lowest BCUT2D eigenvalue weighted by atomic mass is 9.92. The van der Waals surface area contributed by atoms with Crippen molar-refractivity contribution in [2.45, 2.75) is 39.2 Å². The van der Waals surface area contributed by atoms with E-state index in [0.717, 1.165) is 6.42 Å². The smallest absolute Gasteiger partial charge is 0.0276 e. The molecule has 90 valence electrons. The number of benzene rings is 1. The van der Waals surface area contributed by atoms with Gasteiger partial charge in [0.1, 0.15) is 0 Å². The first kappa shape index (κ1) is 13.9. The number of halogens is 1. The Morgan fingerprint density at radius 3 is 2.44 bits per heavy atom. The van der Waals surface area contributed by atoms with Gasteiger partial charge in [-0.05, 0) is 59.0 Å². The first-order chi connectivity index (χ1) is 7.67. The Morgan fingerprint density at radius 1 is 1.31 bits per heavy atom. The molecule has 0 spiro atoms. The Kier molecular flexibility index (Phi) is 6.31. The molecule has 0 bridgehead atoms. The lowest BCUT2D eigenvalue weighted by Crippen LogP contribution is -2.41. The second-order valence-corrected chi connectivity index (χ2v) is 5.62. The number of hydrogen-bond donors (Lipinski definition) is 2. The van der Waals surface area contributed by atoms with Gasteiger partial charge in [-0.3, -0.25) is 11.3 Å². The zero-order valence-electron chi connectivity index (χ0n) is 10.0. The topological polar surface area (TPSA) is 38.0 Å². The summed E-state index contributed by atoms with van der Waals surface area (Å²) in [4.78, 5) is 0. The van der Waals surface area contributed by atoms with Crippen LogP contribution >= 0.6 is 22.6 Å². The largest absolute Gasteiger partial charge is 0.271 e. The molecule has 2 atom stereocenters. The minimum Gasteiger partial charge on any atom is -0.271 e. The van der Waals surface area contributed by atoms with Crippen LogP contribution in [-0.4, -0.2) is 6.04 Å². The van der Waals surface area contributed by atoms with E-state index in [1.165, 1.54) is 22.0 Å². The van der Waals surface area contributed by atoms with Crippen LogP contribution in [0.4, 0.5) is 0 Å². The summed E-state index contributed by atoms with van der Waals surface area (Å²) < 4.78 is 1.28. The molecule has 0 saturated heterocycles. The maximum absolute atomic E-state index is 5.63. The number of hydrazine groups is 1. The van der Waals surface area contributed by atoms with Gasteiger partial charge in [0, 0.05) is 9.61 Å². The third-order valence-electron chi connectivity index (χ3n) is 3.01. The molecule has 0 aliphatic heterocycles. The van der Waals surface area contributed by atoms with Crippen LogP contribution in [0.25, 0.3) is 0 Å². The van der Waals surface area contributed by atoms with E-state index >= 15 is 0 Å². The lowest BCUT2D eigenvalue weighted by Gasteiger charge is -2.23. The Labute approximate surface area is 112 Å². The predicted molar refractivity (Wildman–Crippen MR) is 78.0 cm³/mol. The van der Waals surface area contributed by atoms with Crippen LogP contribution in [0.1, 0.15) is 32.3 Å². The van der Waals surface area contributed by atoms with Gasteiger partial charge in [-0.15, -0.1) is 0 Å². The monoisotopic (exact) mass is 332 g/mol. The predicted octanol–water partition coefficient (Wildman–Crippen LogP) is 3.10. The Hall–Kier alpha value is -0.130. The molecule has 3 N–H and O–H groups in total. The van der Waals surface area contributed by atoms with Crippen LogP contribution < -0.4 is 11.3 Å². The van der Waals surface area contributed by atoms with Gasteiger partial charge in [-0.25, -0.2) is 0 Å². The quantitative estimate of drug-likeness (QED) is 0.477. The summed E-state index contributed by atoms with van der Waals surface area (Å²) in [5.41, 5.74) is 4.30. The summed E-state index contributed by atoms with van der Waals surface area (Å²) in [5, 5.41) is 0. The molecular formula is C13H21IN2. The molecule has 0 aliphatic carbocycles. The summed E-state index contributed by atoms with van der Waals surface area (Å²) in [6.07, 6.45) is 3.44. The third kappa shape index (κ3) is 4.39. The van der Waals surface area contributed by atoms with Gasteiger partial charge in [-0.2, -0.15) is 0 Å². The lowest BCUT2D eigenvalue weighted by molar-refractivity contribution is 0.357. The zero-order chi connectivity index (χ0) is 12.0. The summed E-state index contributed by atoms with van der Waals surface area (Å²) in [6, 6.07) is 9.04. The fraction of sp³-hybridized carbons (Fsp3) is 0.538. The molecule has 2 unspecified atom stereocenters. The first-order valence-corrected chi connectivity index (χ1v) is 6.95. The maximum atomic E-state index is 5.63. The van der Waals surface area contributed by atoms with Crippen LogP contribution in [0.5, 0.6) is 0 Å². The molecular weight excluding hydrogens is 311 g/mol. The highest BCUT2D eigenvalue weighted by atomic mass is 127. The highest BCUT2D eigenvalue weighted by Crippen LogP contribution is 2.15. The molecule has 3 heteroatoms. The second-order valence-electron chi connectivity index (χ2n) is 4.37.